The Hall–Kier alpha value is -2.67. The number of amides is 1. The SMILES string of the molecule is CCN(CC)C(=O)[C@@H](Sc1nnc(-c2ccncc2)n1C1CC1)c1ccccc1. The molecule has 6 nitrogen and oxygen atoms in total. The van der Waals surface area contributed by atoms with Crippen LogP contribution in [0.5, 0.6) is 0 Å². The first-order valence-corrected chi connectivity index (χ1v) is 11.0. The summed E-state index contributed by atoms with van der Waals surface area (Å²) in [6.45, 7) is 5.42. The molecule has 1 amide bonds. The third-order valence-electron chi connectivity index (χ3n) is 5.14. The average Bonchev–Trinajstić information content (AvgIpc) is 3.53. The van der Waals surface area contributed by atoms with Crippen LogP contribution < -0.4 is 0 Å². The lowest BCUT2D eigenvalue weighted by molar-refractivity contribution is -0.130. The lowest BCUT2D eigenvalue weighted by atomic mass is 10.1. The van der Waals surface area contributed by atoms with Crippen LogP contribution in [0.25, 0.3) is 11.4 Å². The van der Waals surface area contributed by atoms with E-state index in [-0.39, 0.29) is 11.2 Å². The molecule has 2 heterocycles. The normalized spacial score (nSPS) is 14.6. The maximum atomic E-state index is 13.3. The monoisotopic (exact) mass is 407 g/mol. The first-order valence-electron chi connectivity index (χ1n) is 10.1. The molecule has 1 fully saturated rings. The number of carbonyl (C=O) groups excluding carboxylic acids is 1. The molecule has 2 aromatic heterocycles. The molecule has 0 saturated heterocycles. The molecule has 7 heteroatoms. The second-order valence-corrected chi connectivity index (χ2v) is 8.13. The van der Waals surface area contributed by atoms with Crippen LogP contribution in [0.3, 0.4) is 0 Å². The largest absolute Gasteiger partial charge is 0.342 e. The van der Waals surface area contributed by atoms with E-state index in [1.54, 1.807) is 12.4 Å². The van der Waals surface area contributed by atoms with E-state index in [2.05, 4.69) is 19.7 Å². The Balaban J connectivity index is 1.71. The third-order valence-corrected chi connectivity index (χ3v) is 6.34. The highest BCUT2D eigenvalue weighted by atomic mass is 32.2. The molecule has 150 valence electrons. The predicted molar refractivity (Wildman–Crippen MR) is 114 cm³/mol. The lowest BCUT2D eigenvalue weighted by Crippen LogP contribution is -2.34. The maximum absolute atomic E-state index is 13.3. The zero-order valence-electron chi connectivity index (χ0n) is 16.7. The second-order valence-electron chi connectivity index (χ2n) is 7.06. The Morgan fingerprint density at radius 3 is 2.41 bits per heavy atom. The van der Waals surface area contributed by atoms with Crippen LogP contribution in [-0.4, -0.2) is 43.6 Å². The van der Waals surface area contributed by atoms with Gasteiger partial charge < -0.3 is 4.90 Å². The summed E-state index contributed by atoms with van der Waals surface area (Å²) in [4.78, 5) is 19.3. The molecule has 0 aliphatic heterocycles. The summed E-state index contributed by atoms with van der Waals surface area (Å²) >= 11 is 1.50. The first kappa shape index (κ1) is 19.6. The Morgan fingerprint density at radius 2 is 1.79 bits per heavy atom. The van der Waals surface area contributed by atoms with Crippen molar-refractivity contribution in [2.75, 3.05) is 13.1 Å². The van der Waals surface area contributed by atoms with E-state index in [0.717, 1.165) is 34.9 Å². The molecule has 1 saturated carbocycles. The van der Waals surface area contributed by atoms with Crippen molar-refractivity contribution < 1.29 is 4.79 Å². The Labute approximate surface area is 175 Å². The van der Waals surface area contributed by atoms with E-state index in [1.165, 1.54) is 11.8 Å². The molecule has 0 bridgehead atoms. The number of hydrogen-bond donors (Lipinski definition) is 0. The third kappa shape index (κ3) is 4.19. The van der Waals surface area contributed by atoms with Crippen LogP contribution in [0.1, 0.15) is 43.5 Å². The van der Waals surface area contributed by atoms with Gasteiger partial charge in [0.2, 0.25) is 5.91 Å². The van der Waals surface area contributed by atoms with Crippen molar-refractivity contribution in [3.8, 4) is 11.4 Å². The fraction of sp³-hybridized carbons (Fsp3) is 0.364. The summed E-state index contributed by atoms with van der Waals surface area (Å²) in [6.07, 6.45) is 5.77. The van der Waals surface area contributed by atoms with E-state index in [4.69, 9.17) is 0 Å². The van der Waals surface area contributed by atoms with E-state index in [0.29, 0.717) is 19.1 Å². The van der Waals surface area contributed by atoms with Crippen molar-refractivity contribution >= 4 is 17.7 Å². The van der Waals surface area contributed by atoms with Crippen molar-refractivity contribution in [1.82, 2.24) is 24.6 Å². The Kier molecular flexibility index (Phi) is 5.94. The molecule has 1 aliphatic rings. The van der Waals surface area contributed by atoms with Gasteiger partial charge in [-0.2, -0.15) is 0 Å². The number of thioether (sulfide) groups is 1. The molecule has 0 radical (unpaired) electrons. The van der Waals surface area contributed by atoms with Crippen LogP contribution in [-0.2, 0) is 4.79 Å². The van der Waals surface area contributed by atoms with Gasteiger partial charge in [-0.1, -0.05) is 42.1 Å². The van der Waals surface area contributed by atoms with Crippen molar-refractivity contribution in [2.45, 2.75) is 43.1 Å². The molecule has 0 unspecified atom stereocenters. The van der Waals surface area contributed by atoms with Crippen LogP contribution in [0.15, 0.2) is 60.0 Å². The van der Waals surface area contributed by atoms with Crippen molar-refractivity contribution in [3.05, 3.63) is 60.4 Å². The zero-order chi connectivity index (χ0) is 20.2. The van der Waals surface area contributed by atoms with Gasteiger partial charge in [0.25, 0.3) is 0 Å². The molecule has 1 aromatic carbocycles. The van der Waals surface area contributed by atoms with Gasteiger partial charge in [-0.15, -0.1) is 10.2 Å². The van der Waals surface area contributed by atoms with Gasteiger partial charge in [0.1, 0.15) is 5.25 Å². The summed E-state index contributed by atoms with van der Waals surface area (Å²) < 4.78 is 2.20. The number of carbonyl (C=O) groups is 1. The number of hydrogen-bond acceptors (Lipinski definition) is 5. The molecule has 4 rings (SSSR count). The topological polar surface area (TPSA) is 63.9 Å². The first-order chi connectivity index (χ1) is 14.2. The summed E-state index contributed by atoms with van der Waals surface area (Å²) in [5.74, 6) is 0.960. The standard InChI is InChI=1S/C22H25N5OS/c1-3-26(4-2)21(28)19(16-8-6-5-7-9-16)29-22-25-24-20(27(22)18-10-11-18)17-12-14-23-15-13-17/h5-9,12-15,18-19H,3-4,10-11H2,1-2H3/t19-/m0/s1. The van der Waals surface area contributed by atoms with Gasteiger partial charge in [-0.05, 0) is 44.4 Å². The summed E-state index contributed by atoms with van der Waals surface area (Å²) in [7, 11) is 0. The van der Waals surface area contributed by atoms with Gasteiger partial charge in [0.15, 0.2) is 11.0 Å². The van der Waals surface area contributed by atoms with Gasteiger partial charge in [-0.3, -0.25) is 14.3 Å². The number of aromatic nitrogens is 4. The zero-order valence-corrected chi connectivity index (χ0v) is 17.5. The van der Waals surface area contributed by atoms with E-state index >= 15 is 0 Å². The minimum absolute atomic E-state index is 0.113. The highest BCUT2D eigenvalue weighted by Gasteiger charge is 2.33. The molecular weight excluding hydrogens is 382 g/mol. The van der Waals surface area contributed by atoms with Gasteiger partial charge in [0.05, 0.1) is 0 Å². The van der Waals surface area contributed by atoms with Crippen molar-refractivity contribution in [3.63, 3.8) is 0 Å². The van der Waals surface area contributed by atoms with Crippen molar-refractivity contribution in [2.24, 2.45) is 0 Å². The van der Waals surface area contributed by atoms with E-state index < -0.39 is 0 Å². The number of benzene rings is 1. The molecule has 1 atom stereocenters. The van der Waals surface area contributed by atoms with E-state index in [1.807, 2.05) is 61.2 Å². The average molecular weight is 408 g/mol. The Bertz CT molecular complexity index is 952. The summed E-state index contributed by atoms with van der Waals surface area (Å²) in [5, 5.41) is 9.43. The molecule has 0 spiro atoms. The van der Waals surface area contributed by atoms with Gasteiger partial charge >= 0.3 is 0 Å². The van der Waals surface area contributed by atoms with Crippen LogP contribution in [0.2, 0.25) is 0 Å². The van der Waals surface area contributed by atoms with Crippen LogP contribution in [0.4, 0.5) is 0 Å². The predicted octanol–water partition coefficient (Wildman–Crippen LogP) is 4.38. The quantitative estimate of drug-likeness (QED) is 0.519. The van der Waals surface area contributed by atoms with Gasteiger partial charge in [-0.25, -0.2) is 0 Å². The molecule has 0 N–H and O–H groups in total. The lowest BCUT2D eigenvalue weighted by Gasteiger charge is -2.25. The van der Waals surface area contributed by atoms with Crippen molar-refractivity contribution in [1.29, 1.82) is 0 Å². The molecule has 1 aliphatic carbocycles. The van der Waals surface area contributed by atoms with Gasteiger partial charge in [0, 0.05) is 37.1 Å². The minimum Gasteiger partial charge on any atom is -0.342 e. The molecular formula is C22H25N5OS. The summed E-state index contributed by atoms with van der Waals surface area (Å²) in [6, 6.07) is 14.3. The minimum atomic E-state index is -0.344. The fourth-order valence-corrected chi connectivity index (χ4v) is 4.60. The molecule has 29 heavy (non-hydrogen) atoms. The second kappa shape index (κ2) is 8.78. The smallest absolute Gasteiger partial charge is 0.240 e. The van der Waals surface area contributed by atoms with E-state index in [9.17, 15) is 4.79 Å². The fourth-order valence-electron chi connectivity index (χ4n) is 3.41. The summed E-state index contributed by atoms with van der Waals surface area (Å²) in [5.41, 5.74) is 1.99. The van der Waals surface area contributed by atoms with Crippen LogP contribution >= 0.6 is 11.8 Å². The highest BCUT2D eigenvalue weighted by molar-refractivity contribution is 8.00. The van der Waals surface area contributed by atoms with Crippen LogP contribution in [0, 0.1) is 0 Å². The number of rotatable bonds is 8. The highest BCUT2D eigenvalue weighted by Crippen LogP contribution is 2.44. The maximum Gasteiger partial charge on any atom is 0.240 e. The molecule has 3 aromatic rings. The Morgan fingerprint density at radius 1 is 1.10 bits per heavy atom. The number of nitrogens with zero attached hydrogens (tertiary/aromatic N) is 5. The number of likely N-dealkylation sites (N-methyl/N-ethyl adjacent to an activating group) is 1. The number of pyridine rings is 1.